The van der Waals surface area contributed by atoms with E-state index in [0.717, 1.165) is 31.2 Å². The summed E-state index contributed by atoms with van der Waals surface area (Å²) in [5.41, 5.74) is 1.68. The molecule has 0 unspecified atom stereocenters. The Morgan fingerprint density at radius 2 is 1.82 bits per heavy atom. The van der Waals surface area contributed by atoms with Gasteiger partial charge in [-0.3, -0.25) is 9.59 Å². The lowest BCUT2D eigenvalue weighted by molar-refractivity contribution is -0.116. The van der Waals surface area contributed by atoms with E-state index in [9.17, 15) is 18.0 Å². The first-order valence-corrected chi connectivity index (χ1v) is 13.0. The number of hydrogen-bond acceptors (Lipinski definition) is 5. The number of hydrogen-bond donors (Lipinski definition) is 3. The fraction of sp³-hybridized carbons (Fsp3) is 0.440. The molecule has 0 radical (unpaired) electrons. The van der Waals surface area contributed by atoms with Crippen molar-refractivity contribution in [2.24, 2.45) is 5.92 Å². The fourth-order valence-electron chi connectivity index (χ4n) is 3.98. The minimum Gasteiger partial charge on any atom is -0.495 e. The Morgan fingerprint density at radius 3 is 2.50 bits per heavy atom. The SMILES string of the molecule is COc1ccc(C(=O)NCc2cccc(NC(=O)CC(C)C)c2)cc1S(=O)(=O)NC1CCCC1. The van der Waals surface area contributed by atoms with Gasteiger partial charge in [0.2, 0.25) is 15.9 Å². The van der Waals surface area contributed by atoms with Crippen molar-refractivity contribution in [1.29, 1.82) is 0 Å². The van der Waals surface area contributed by atoms with E-state index < -0.39 is 15.9 Å². The van der Waals surface area contributed by atoms with E-state index in [1.165, 1.54) is 25.3 Å². The molecule has 8 nitrogen and oxygen atoms in total. The van der Waals surface area contributed by atoms with Crippen LogP contribution in [0.4, 0.5) is 5.69 Å². The molecule has 1 aliphatic carbocycles. The summed E-state index contributed by atoms with van der Waals surface area (Å²) < 4.78 is 33.9. The third kappa shape index (κ3) is 7.04. The Kier molecular flexibility index (Phi) is 8.68. The van der Waals surface area contributed by atoms with Crippen molar-refractivity contribution in [3.63, 3.8) is 0 Å². The van der Waals surface area contributed by atoms with Crippen LogP contribution in [0.5, 0.6) is 5.75 Å². The Labute approximate surface area is 201 Å². The molecule has 1 saturated carbocycles. The van der Waals surface area contributed by atoms with Crippen molar-refractivity contribution < 1.29 is 22.7 Å². The number of carbonyl (C=O) groups excluding carboxylic acids is 2. The predicted molar refractivity (Wildman–Crippen MR) is 131 cm³/mol. The second-order valence-electron chi connectivity index (χ2n) is 9.00. The zero-order valence-corrected chi connectivity index (χ0v) is 20.7. The molecular formula is C25H33N3O5S. The molecule has 0 aliphatic heterocycles. The van der Waals surface area contributed by atoms with Gasteiger partial charge in [0.05, 0.1) is 7.11 Å². The summed E-state index contributed by atoms with van der Waals surface area (Å²) in [6.07, 6.45) is 4.03. The molecular weight excluding hydrogens is 454 g/mol. The standard InChI is InChI=1S/C25H33N3O5S/c1-17(2)13-24(29)27-21-10-6-7-18(14-21)16-26-25(30)19-11-12-22(33-3)23(15-19)34(31,32)28-20-8-4-5-9-20/h6-7,10-12,14-15,17,20,28H,4-5,8-9,13,16H2,1-3H3,(H,26,30)(H,27,29). The zero-order valence-electron chi connectivity index (χ0n) is 19.9. The van der Waals surface area contributed by atoms with Gasteiger partial charge in [-0.2, -0.15) is 0 Å². The molecule has 2 aromatic carbocycles. The Balaban J connectivity index is 1.69. The maximum Gasteiger partial charge on any atom is 0.251 e. The molecule has 3 rings (SSSR count). The molecule has 0 bridgehead atoms. The van der Waals surface area contributed by atoms with E-state index in [0.29, 0.717) is 12.1 Å². The minimum atomic E-state index is -3.83. The Hall–Kier alpha value is -2.91. The van der Waals surface area contributed by atoms with Crippen LogP contribution in [0.1, 0.15) is 61.9 Å². The van der Waals surface area contributed by atoms with Gasteiger partial charge in [-0.1, -0.05) is 38.8 Å². The van der Waals surface area contributed by atoms with E-state index in [4.69, 9.17) is 4.74 Å². The van der Waals surface area contributed by atoms with Crippen LogP contribution in [0, 0.1) is 5.92 Å². The maximum absolute atomic E-state index is 13.0. The molecule has 0 spiro atoms. The van der Waals surface area contributed by atoms with E-state index in [-0.39, 0.29) is 40.6 Å². The maximum atomic E-state index is 13.0. The van der Waals surface area contributed by atoms with Crippen LogP contribution in [0.25, 0.3) is 0 Å². The average Bonchev–Trinajstić information content (AvgIpc) is 3.29. The third-order valence-electron chi connectivity index (χ3n) is 5.65. The number of carbonyl (C=O) groups is 2. The smallest absolute Gasteiger partial charge is 0.251 e. The highest BCUT2D eigenvalue weighted by Crippen LogP contribution is 2.27. The number of amides is 2. The third-order valence-corrected chi connectivity index (χ3v) is 7.19. The first-order valence-electron chi connectivity index (χ1n) is 11.6. The Morgan fingerprint density at radius 1 is 1.09 bits per heavy atom. The summed E-state index contributed by atoms with van der Waals surface area (Å²) in [6.45, 7) is 4.18. The zero-order chi connectivity index (χ0) is 24.7. The van der Waals surface area contributed by atoms with Crippen molar-refractivity contribution in [2.75, 3.05) is 12.4 Å². The van der Waals surface area contributed by atoms with Gasteiger partial charge >= 0.3 is 0 Å². The number of ether oxygens (including phenoxy) is 1. The largest absolute Gasteiger partial charge is 0.495 e. The van der Waals surface area contributed by atoms with Crippen LogP contribution in [-0.4, -0.2) is 33.4 Å². The fourth-order valence-corrected chi connectivity index (χ4v) is 5.48. The van der Waals surface area contributed by atoms with E-state index >= 15 is 0 Å². The Bertz CT molecular complexity index is 1130. The van der Waals surface area contributed by atoms with E-state index in [1.807, 2.05) is 19.9 Å². The molecule has 0 heterocycles. The molecule has 9 heteroatoms. The lowest BCUT2D eigenvalue weighted by Gasteiger charge is -2.16. The molecule has 184 valence electrons. The number of nitrogens with one attached hydrogen (secondary N) is 3. The molecule has 0 aromatic heterocycles. The predicted octanol–water partition coefficient (Wildman–Crippen LogP) is 3.83. The van der Waals surface area contributed by atoms with Gasteiger partial charge in [-0.05, 0) is 54.7 Å². The van der Waals surface area contributed by atoms with Gasteiger partial charge < -0.3 is 15.4 Å². The second kappa shape index (κ2) is 11.5. The van der Waals surface area contributed by atoms with Crippen LogP contribution in [0.15, 0.2) is 47.4 Å². The van der Waals surface area contributed by atoms with Gasteiger partial charge in [-0.15, -0.1) is 0 Å². The summed E-state index contributed by atoms with van der Waals surface area (Å²) in [5, 5.41) is 5.67. The molecule has 3 N–H and O–H groups in total. The van der Waals surface area contributed by atoms with Crippen LogP contribution < -0.4 is 20.1 Å². The van der Waals surface area contributed by atoms with Crippen LogP contribution >= 0.6 is 0 Å². The second-order valence-corrected chi connectivity index (χ2v) is 10.7. The summed E-state index contributed by atoms with van der Waals surface area (Å²) >= 11 is 0. The van der Waals surface area contributed by atoms with Crippen molar-refractivity contribution in [3.05, 3.63) is 53.6 Å². The lowest BCUT2D eigenvalue weighted by atomic mass is 10.1. The van der Waals surface area contributed by atoms with Crippen molar-refractivity contribution in [3.8, 4) is 5.75 Å². The molecule has 0 atom stereocenters. The monoisotopic (exact) mass is 487 g/mol. The summed E-state index contributed by atoms with van der Waals surface area (Å²) in [4.78, 5) is 24.8. The first kappa shape index (κ1) is 25.7. The highest BCUT2D eigenvalue weighted by atomic mass is 32.2. The lowest BCUT2D eigenvalue weighted by Crippen LogP contribution is -2.33. The topological polar surface area (TPSA) is 114 Å². The van der Waals surface area contributed by atoms with Gasteiger partial charge in [-0.25, -0.2) is 13.1 Å². The number of anilines is 1. The highest BCUT2D eigenvalue weighted by molar-refractivity contribution is 7.89. The summed E-state index contributed by atoms with van der Waals surface area (Å²) in [6, 6.07) is 11.5. The van der Waals surface area contributed by atoms with Gasteiger partial charge in [0.15, 0.2) is 0 Å². The number of rotatable bonds is 10. The normalized spacial score (nSPS) is 14.2. The van der Waals surface area contributed by atoms with Gasteiger partial charge in [0.25, 0.3) is 5.91 Å². The molecule has 0 saturated heterocycles. The molecule has 2 amide bonds. The summed E-state index contributed by atoms with van der Waals surface area (Å²) in [5.74, 6) is -0.0236. The highest BCUT2D eigenvalue weighted by Gasteiger charge is 2.26. The molecule has 1 fully saturated rings. The average molecular weight is 488 g/mol. The van der Waals surface area contributed by atoms with Crippen molar-refractivity contribution in [1.82, 2.24) is 10.0 Å². The molecule has 2 aromatic rings. The number of benzene rings is 2. The number of sulfonamides is 1. The van der Waals surface area contributed by atoms with Gasteiger partial charge in [0.1, 0.15) is 10.6 Å². The number of methoxy groups -OCH3 is 1. The van der Waals surface area contributed by atoms with Crippen molar-refractivity contribution in [2.45, 2.75) is 63.4 Å². The van der Waals surface area contributed by atoms with E-state index in [2.05, 4.69) is 15.4 Å². The summed E-state index contributed by atoms with van der Waals surface area (Å²) in [7, 11) is -2.43. The van der Waals surface area contributed by atoms with Crippen molar-refractivity contribution >= 4 is 27.5 Å². The van der Waals surface area contributed by atoms with Gasteiger partial charge in [0, 0.05) is 30.3 Å². The molecule has 1 aliphatic rings. The quantitative estimate of drug-likeness (QED) is 0.471. The van der Waals surface area contributed by atoms with Crippen LogP contribution in [0.3, 0.4) is 0 Å². The van der Waals surface area contributed by atoms with Crippen LogP contribution in [0.2, 0.25) is 0 Å². The van der Waals surface area contributed by atoms with Crippen LogP contribution in [-0.2, 0) is 21.4 Å². The molecule has 34 heavy (non-hydrogen) atoms. The first-order chi connectivity index (χ1) is 16.2. The minimum absolute atomic E-state index is 0.0515. The van der Waals surface area contributed by atoms with E-state index in [1.54, 1.807) is 18.2 Å².